The highest BCUT2D eigenvalue weighted by Crippen LogP contribution is 2.47. The minimum absolute atomic E-state index is 0.0572. The maximum absolute atomic E-state index is 13.8. The van der Waals surface area contributed by atoms with Crippen LogP contribution in [0.1, 0.15) is 102 Å². The van der Waals surface area contributed by atoms with Crippen molar-refractivity contribution in [3.63, 3.8) is 0 Å². The van der Waals surface area contributed by atoms with Gasteiger partial charge in [-0.15, -0.1) is 34.0 Å². The summed E-state index contributed by atoms with van der Waals surface area (Å²) >= 11 is 8.10. The molecule has 3 unspecified atom stereocenters. The molecule has 9 rings (SSSR count). The number of ether oxygens (including phenoxy) is 3. The number of carbonyl (C=O) groups is 6. The number of esters is 3. The minimum atomic E-state index is -0.582. The Morgan fingerprint density at radius 1 is 0.500 bits per heavy atom. The molecule has 3 atom stereocenters. The monoisotopic (exact) mass is 1140 g/mol. The molecule has 6 heterocycles. The van der Waals surface area contributed by atoms with E-state index in [0.717, 1.165) is 57.4 Å². The molecule has 76 heavy (non-hydrogen) atoms. The summed E-state index contributed by atoms with van der Waals surface area (Å²) in [5.41, 5.74) is 10.2. The molecular formula is C58H54BrFN4O9S3. The number of halogens is 2. The number of methoxy groups -OCH3 is 3. The number of thiophene rings is 3. The zero-order valence-electron chi connectivity index (χ0n) is 43.8. The second kappa shape index (κ2) is 23.3. The Morgan fingerprint density at radius 3 is 1.16 bits per heavy atom. The van der Waals surface area contributed by atoms with Crippen LogP contribution in [-0.2, 0) is 43.0 Å². The van der Waals surface area contributed by atoms with Gasteiger partial charge in [-0.2, -0.15) is 5.26 Å². The van der Waals surface area contributed by atoms with Gasteiger partial charge in [-0.25, -0.2) is 18.8 Å². The first-order valence-corrected chi connectivity index (χ1v) is 27.1. The van der Waals surface area contributed by atoms with Crippen LogP contribution in [0.3, 0.4) is 0 Å². The highest BCUT2D eigenvalue weighted by molar-refractivity contribution is 9.10. The van der Waals surface area contributed by atoms with Crippen molar-refractivity contribution >= 4 is 115 Å². The average molecular weight is 1150 g/mol. The van der Waals surface area contributed by atoms with E-state index in [1.165, 1.54) is 76.9 Å². The zero-order chi connectivity index (χ0) is 55.6. The molecule has 3 aliphatic rings. The Hall–Kier alpha value is -7.30. The van der Waals surface area contributed by atoms with Crippen LogP contribution in [0, 0.1) is 17.1 Å². The first-order valence-electron chi connectivity index (χ1n) is 23.7. The number of nitrogens with zero attached hydrogens (tertiary/aromatic N) is 1. The van der Waals surface area contributed by atoms with Crippen LogP contribution in [-0.4, -0.2) is 56.6 Å². The molecule has 3 aromatic carbocycles. The largest absolute Gasteiger partial charge is 0.466 e. The van der Waals surface area contributed by atoms with Crippen molar-refractivity contribution in [2.75, 3.05) is 21.3 Å². The van der Waals surface area contributed by atoms with Crippen molar-refractivity contribution < 1.29 is 47.4 Å². The molecule has 0 spiro atoms. The first-order chi connectivity index (χ1) is 36.1. The molecule has 0 bridgehead atoms. The van der Waals surface area contributed by atoms with Crippen LogP contribution in [0.4, 0.5) is 4.39 Å². The molecule has 3 N–H and O–H groups in total. The summed E-state index contributed by atoms with van der Waals surface area (Å²) < 4.78 is 32.7. The van der Waals surface area contributed by atoms with Gasteiger partial charge in [0.2, 0.25) is 0 Å². The lowest BCUT2D eigenvalue weighted by atomic mass is 9.79. The minimum Gasteiger partial charge on any atom is -0.466 e. The molecule has 18 heteroatoms. The number of nitriles is 1. The average Bonchev–Trinajstić information content (AvgIpc) is 4.13. The fourth-order valence-corrected chi connectivity index (χ4v) is 13.6. The van der Waals surface area contributed by atoms with Crippen LogP contribution < -0.4 is 16.0 Å². The number of allylic oxidation sites excluding steroid dienone is 9. The number of hydrogen-bond acceptors (Lipinski definition) is 16. The lowest BCUT2D eigenvalue weighted by molar-refractivity contribution is -0.137. The van der Waals surface area contributed by atoms with Crippen molar-refractivity contribution in [3.05, 3.63) is 171 Å². The highest BCUT2D eigenvalue weighted by Gasteiger charge is 2.40. The molecule has 0 saturated heterocycles. The van der Waals surface area contributed by atoms with E-state index in [1.807, 2.05) is 61.2 Å². The topological polar surface area (TPSA) is 190 Å². The van der Waals surface area contributed by atoms with E-state index >= 15 is 0 Å². The van der Waals surface area contributed by atoms with Gasteiger partial charge in [0.15, 0.2) is 17.3 Å². The molecule has 3 aliphatic heterocycles. The van der Waals surface area contributed by atoms with Crippen LogP contribution in [0.5, 0.6) is 0 Å². The smallest absolute Gasteiger partial charge is 0.336 e. The Morgan fingerprint density at radius 2 is 0.816 bits per heavy atom. The Kier molecular flexibility index (Phi) is 17.3. The summed E-state index contributed by atoms with van der Waals surface area (Å²) in [4.78, 5) is 74.6. The van der Waals surface area contributed by atoms with Gasteiger partial charge in [0.05, 0.1) is 49.7 Å². The van der Waals surface area contributed by atoms with Gasteiger partial charge >= 0.3 is 17.9 Å². The SMILES string of the molecule is COC(=O)C1=C(C)NC(C)=C(C(C)=O)C1c1csc2ccc(Br)cc12.COC(=O)C1=C(C)NC(C)=C(C(C)=O)C1c1csc2ccc(C#N)cc12.COC(=O)C1=C(C)NC(C)=C(C(C)=O)C1c1csc2ccc(F)cc12. The number of dihydropyridines is 3. The van der Waals surface area contributed by atoms with E-state index in [-0.39, 0.29) is 23.2 Å². The Bertz CT molecular complexity index is 3550. The fraction of sp³-hybridized carbons (Fsp3) is 0.259. The molecule has 0 amide bonds. The third-order valence-corrected chi connectivity index (χ3v) is 16.9. The molecule has 0 radical (unpaired) electrons. The highest BCUT2D eigenvalue weighted by atomic mass is 79.9. The van der Waals surface area contributed by atoms with Gasteiger partial charge in [-0.1, -0.05) is 15.9 Å². The number of ketones is 3. The summed E-state index contributed by atoms with van der Waals surface area (Å²) in [6.45, 7) is 15.4. The number of fused-ring (bicyclic) bond motifs is 3. The summed E-state index contributed by atoms with van der Waals surface area (Å²) in [5.74, 6) is -3.59. The summed E-state index contributed by atoms with van der Waals surface area (Å²) in [7, 11) is 4.00. The van der Waals surface area contributed by atoms with E-state index in [9.17, 15) is 38.4 Å². The zero-order valence-corrected chi connectivity index (χ0v) is 47.8. The molecule has 3 aromatic heterocycles. The van der Waals surface area contributed by atoms with E-state index in [4.69, 9.17) is 14.2 Å². The van der Waals surface area contributed by atoms with Crippen molar-refractivity contribution in [3.8, 4) is 6.07 Å². The number of rotatable bonds is 9. The molecule has 6 aromatic rings. The second-order valence-corrected chi connectivity index (χ2v) is 21.9. The third kappa shape index (κ3) is 10.9. The Labute approximate surface area is 459 Å². The molecule has 0 fully saturated rings. The van der Waals surface area contributed by atoms with Gasteiger partial charge in [0.25, 0.3) is 0 Å². The van der Waals surface area contributed by atoms with Crippen molar-refractivity contribution in [1.29, 1.82) is 5.26 Å². The molecule has 13 nitrogen and oxygen atoms in total. The van der Waals surface area contributed by atoms with E-state index in [0.29, 0.717) is 67.2 Å². The van der Waals surface area contributed by atoms with Gasteiger partial charge in [0, 0.05) is 87.2 Å². The van der Waals surface area contributed by atoms with Crippen molar-refractivity contribution in [1.82, 2.24) is 16.0 Å². The van der Waals surface area contributed by atoms with Crippen LogP contribution in [0.15, 0.2) is 143 Å². The molecule has 392 valence electrons. The summed E-state index contributed by atoms with van der Waals surface area (Å²) in [6, 6.07) is 18.2. The lowest BCUT2D eigenvalue weighted by Crippen LogP contribution is -2.30. The number of carbonyl (C=O) groups excluding carboxylic acids is 6. The first kappa shape index (κ1) is 56.4. The van der Waals surface area contributed by atoms with Gasteiger partial charge in [0.1, 0.15) is 5.82 Å². The van der Waals surface area contributed by atoms with E-state index in [2.05, 4.69) is 37.9 Å². The maximum Gasteiger partial charge on any atom is 0.336 e. The second-order valence-electron chi connectivity index (χ2n) is 18.2. The van der Waals surface area contributed by atoms with Gasteiger partial charge in [-0.05, 0) is 166 Å². The summed E-state index contributed by atoms with van der Waals surface area (Å²) in [6.07, 6.45) is 0. The fourth-order valence-electron chi connectivity index (χ4n) is 10.3. The molecule has 0 saturated carbocycles. The van der Waals surface area contributed by atoms with Crippen LogP contribution in [0.2, 0.25) is 0 Å². The predicted molar refractivity (Wildman–Crippen MR) is 300 cm³/mol. The van der Waals surface area contributed by atoms with Gasteiger partial charge in [-0.3, -0.25) is 14.4 Å². The normalized spacial score (nSPS) is 17.5. The van der Waals surface area contributed by atoms with Crippen molar-refractivity contribution in [2.24, 2.45) is 0 Å². The maximum atomic E-state index is 13.8. The number of hydrogen-bond donors (Lipinski definition) is 3. The lowest BCUT2D eigenvalue weighted by Gasteiger charge is -2.30. The number of benzene rings is 3. The standard InChI is InChI=1S/C20H18N2O3S.C19H18BrNO3S.C19H18FNO3S/c1-10-17(12(3)23)19(18(11(2)22-10)20(24)25-4)15-9-26-16-6-5-13(8-21)7-14(15)16;2*1-9-16(11(3)22)18(17(10(2)21-9)19(23)24-4)14-8-25-15-6-5-12(20)7-13(14)15/h5-7,9,19,22H,1-4H3;2*5-8,18,21H,1-4H3. The van der Waals surface area contributed by atoms with Gasteiger partial charge < -0.3 is 30.2 Å². The van der Waals surface area contributed by atoms with Crippen molar-refractivity contribution in [2.45, 2.75) is 80.1 Å². The van der Waals surface area contributed by atoms with Crippen LogP contribution >= 0.6 is 49.9 Å². The third-order valence-electron chi connectivity index (χ3n) is 13.4. The quantitative estimate of drug-likeness (QED) is 0.0917. The molecule has 0 aliphatic carbocycles. The Balaban J connectivity index is 0.000000166. The predicted octanol–water partition coefficient (Wildman–Crippen LogP) is 12.5. The van der Waals surface area contributed by atoms with Crippen LogP contribution in [0.25, 0.3) is 30.3 Å². The summed E-state index contributed by atoms with van der Waals surface area (Å²) in [5, 5.41) is 27.1. The number of nitrogens with one attached hydrogen (secondary N) is 3. The molecular weight excluding hydrogens is 1090 g/mol. The van der Waals surface area contributed by atoms with E-state index in [1.54, 1.807) is 50.3 Å². The van der Waals surface area contributed by atoms with E-state index < -0.39 is 35.7 Å². The number of Topliss-reactive ketones (excluding diaryl/α,β-unsaturated/α-hetero) is 3.